The van der Waals surface area contributed by atoms with E-state index in [1.807, 2.05) is 0 Å². The number of anilines is 1. The van der Waals surface area contributed by atoms with Gasteiger partial charge < -0.3 is 14.8 Å². The van der Waals surface area contributed by atoms with Crippen molar-refractivity contribution in [2.24, 2.45) is 5.92 Å². The number of methoxy groups -OCH3 is 2. The molecule has 0 unspecified atom stereocenters. The molecule has 1 saturated heterocycles. The van der Waals surface area contributed by atoms with Crippen LogP contribution in [0, 0.1) is 11.7 Å². The summed E-state index contributed by atoms with van der Waals surface area (Å²) < 4.78 is 24.5. The normalized spacial score (nSPS) is 15.3. The Kier molecular flexibility index (Phi) is 6.75. The minimum atomic E-state index is -0.294. The molecule has 28 heavy (non-hydrogen) atoms. The molecule has 0 atom stereocenters. The standard InChI is InChI=1S/C21H24ClFN2O3/c1-27-15-6-7-20(28-2)19(12-15)24-21(26)14-8-10-25(11-9-14)13-16-17(22)4-3-5-18(16)23/h3-7,12,14H,8-11,13H2,1-2H3,(H,24,26). The molecule has 2 aromatic rings. The number of amides is 1. The van der Waals surface area contributed by atoms with Crippen molar-refractivity contribution < 1.29 is 18.7 Å². The maximum atomic E-state index is 14.0. The molecule has 150 valence electrons. The monoisotopic (exact) mass is 406 g/mol. The SMILES string of the molecule is COc1ccc(OC)c(NC(=O)C2CCN(Cc3c(F)cccc3Cl)CC2)c1. The third kappa shape index (κ3) is 4.75. The Morgan fingerprint density at radius 1 is 1.21 bits per heavy atom. The smallest absolute Gasteiger partial charge is 0.227 e. The van der Waals surface area contributed by atoms with E-state index in [2.05, 4.69) is 10.2 Å². The van der Waals surface area contributed by atoms with Gasteiger partial charge in [-0.05, 0) is 50.2 Å². The quantitative estimate of drug-likeness (QED) is 0.775. The van der Waals surface area contributed by atoms with Crippen molar-refractivity contribution in [1.82, 2.24) is 4.90 Å². The lowest BCUT2D eigenvalue weighted by molar-refractivity contribution is -0.121. The summed E-state index contributed by atoms with van der Waals surface area (Å²) in [7, 11) is 3.13. The van der Waals surface area contributed by atoms with Gasteiger partial charge in [0.1, 0.15) is 17.3 Å². The molecule has 0 spiro atoms. The fourth-order valence-electron chi connectivity index (χ4n) is 3.41. The van der Waals surface area contributed by atoms with E-state index in [0.29, 0.717) is 60.2 Å². The van der Waals surface area contributed by atoms with Crippen LogP contribution >= 0.6 is 11.6 Å². The largest absolute Gasteiger partial charge is 0.497 e. The number of carbonyl (C=O) groups is 1. The van der Waals surface area contributed by atoms with E-state index in [1.165, 1.54) is 6.07 Å². The molecule has 7 heteroatoms. The van der Waals surface area contributed by atoms with Gasteiger partial charge in [0.05, 0.1) is 19.9 Å². The highest BCUT2D eigenvalue weighted by Gasteiger charge is 2.26. The van der Waals surface area contributed by atoms with E-state index in [9.17, 15) is 9.18 Å². The Morgan fingerprint density at radius 3 is 2.61 bits per heavy atom. The molecule has 1 aliphatic rings. The Bertz CT molecular complexity index is 818. The first-order valence-electron chi connectivity index (χ1n) is 9.20. The fraction of sp³-hybridized carbons (Fsp3) is 0.381. The summed E-state index contributed by atoms with van der Waals surface area (Å²) in [5.74, 6) is 0.782. The molecule has 1 N–H and O–H groups in total. The Balaban J connectivity index is 1.58. The lowest BCUT2D eigenvalue weighted by Gasteiger charge is -2.31. The highest BCUT2D eigenvalue weighted by Crippen LogP contribution is 2.30. The average molecular weight is 407 g/mol. The summed E-state index contributed by atoms with van der Waals surface area (Å²) in [6, 6.07) is 10.00. The van der Waals surface area contributed by atoms with E-state index in [4.69, 9.17) is 21.1 Å². The zero-order chi connectivity index (χ0) is 20.1. The number of rotatable bonds is 6. The lowest BCUT2D eigenvalue weighted by Crippen LogP contribution is -2.38. The fourth-order valence-corrected chi connectivity index (χ4v) is 3.63. The molecule has 0 aliphatic carbocycles. The zero-order valence-electron chi connectivity index (χ0n) is 16.0. The molecule has 3 rings (SSSR count). The van der Waals surface area contributed by atoms with Gasteiger partial charge in [0, 0.05) is 29.1 Å². The molecular formula is C21H24ClFN2O3. The van der Waals surface area contributed by atoms with Gasteiger partial charge in [-0.2, -0.15) is 0 Å². The molecule has 1 fully saturated rings. The molecule has 0 bridgehead atoms. The van der Waals surface area contributed by atoms with Crippen LogP contribution < -0.4 is 14.8 Å². The summed E-state index contributed by atoms with van der Waals surface area (Å²) >= 11 is 6.12. The second-order valence-electron chi connectivity index (χ2n) is 6.81. The van der Waals surface area contributed by atoms with E-state index >= 15 is 0 Å². The van der Waals surface area contributed by atoms with Gasteiger partial charge in [0.15, 0.2) is 0 Å². The molecule has 1 aliphatic heterocycles. The van der Waals surface area contributed by atoms with Crippen LogP contribution in [-0.4, -0.2) is 38.1 Å². The number of piperidine rings is 1. The molecule has 2 aromatic carbocycles. The van der Waals surface area contributed by atoms with Crippen molar-refractivity contribution in [2.75, 3.05) is 32.6 Å². The van der Waals surface area contributed by atoms with Crippen molar-refractivity contribution in [1.29, 1.82) is 0 Å². The minimum Gasteiger partial charge on any atom is -0.497 e. The Hall–Kier alpha value is -2.31. The average Bonchev–Trinajstić information content (AvgIpc) is 2.71. The molecular weight excluding hydrogens is 383 g/mol. The van der Waals surface area contributed by atoms with Gasteiger partial charge in [-0.15, -0.1) is 0 Å². The lowest BCUT2D eigenvalue weighted by atomic mass is 9.95. The van der Waals surface area contributed by atoms with Crippen LogP contribution in [0.25, 0.3) is 0 Å². The van der Waals surface area contributed by atoms with Crippen LogP contribution in [0.2, 0.25) is 5.02 Å². The number of benzene rings is 2. The number of ether oxygens (including phenoxy) is 2. The third-order valence-electron chi connectivity index (χ3n) is 5.07. The van der Waals surface area contributed by atoms with Crippen LogP contribution in [0.5, 0.6) is 11.5 Å². The molecule has 0 aromatic heterocycles. The number of nitrogens with one attached hydrogen (secondary N) is 1. The third-order valence-corrected chi connectivity index (χ3v) is 5.42. The number of nitrogens with zero attached hydrogens (tertiary/aromatic N) is 1. The number of hydrogen-bond acceptors (Lipinski definition) is 4. The first kappa shape index (κ1) is 20.4. The van der Waals surface area contributed by atoms with Crippen LogP contribution in [-0.2, 0) is 11.3 Å². The van der Waals surface area contributed by atoms with Crippen LogP contribution in [0.1, 0.15) is 18.4 Å². The molecule has 1 amide bonds. The number of halogens is 2. The zero-order valence-corrected chi connectivity index (χ0v) is 16.8. The first-order valence-corrected chi connectivity index (χ1v) is 9.57. The second kappa shape index (κ2) is 9.26. The van der Waals surface area contributed by atoms with Crippen molar-refractivity contribution in [2.45, 2.75) is 19.4 Å². The molecule has 0 radical (unpaired) electrons. The summed E-state index contributed by atoms with van der Waals surface area (Å²) in [6.07, 6.45) is 1.40. The number of carbonyl (C=O) groups excluding carboxylic acids is 1. The van der Waals surface area contributed by atoms with E-state index in [-0.39, 0.29) is 17.6 Å². The highest BCUT2D eigenvalue weighted by atomic mass is 35.5. The topological polar surface area (TPSA) is 50.8 Å². The van der Waals surface area contributed by atoms with E-state index in [1.54, 1.807) is 44.6 Å². The van der Waals surface area contributed by atoms with Gasteiger partial charge in [-0.1, -0.05) is 17.7 Å². The second-order valence-corrected chi connectivity index (χ2v) is 7.21. The highest BCUT2D eigenvalue weighted by molar-refractivity contribution is 6.31. The molecule has 0 saturated carbocycles. The van der Waals surface area contributed by atoms with Gasteiger partial charge >= 0.3 is 0 Å². The van der Waals surface area contributed by atoms with Crippen molar-refractivity contribution in [3.05, 3.63) is 52.8 Å². The van der Waals surface area contributed by atoms with E-state index in [0.717, 1.165) is 0 Å². The number of hydrogen-bond donors (Lipinski definition) is 1. The Labute approximate surface area is 169 Å². The van der Waals surface area contributed by atoms with Crippen LogP contribution in [0.15, 0.2) is 36.4 Å². The first-order chi connectivity index (χ1) is 13.5. The van der Waals surface area contributed by atoms with E-state index < -0.39 is 0 Å². The van der Waals surface area contributed by atoms with Crippen LogP contribution in [0.3, 0.4) is 0 Å². The summed E-state index contributed by atoms with van der Waals surface area (Å²) in [4.78, 5) is 14.8. The van der Waals surface area contributed by atoms with Gasteiger partial charge in [-0.3, -0.25) is 9.69 Å². The van der Waals surface area contributed by atoms with Gasteiger partial charge in [0.25, 0.3) is 0 Å². The summed E-state index contributed by atoms with van der Waals surface area (Å²) in [5, 5.41) is 3.38. The predicted octanol–water partition coefficient (Wildman–Crippen LogP) is 4.35. The van der Waals surface area contributed by atoms with Crippen molar-refractivity contribution >= 4 is 23.2 Å². The number of likely N-dealkylation sites (tertiary alicyclic amines) is 1. The Morgan fingerprint density at radius 2 is 1.96 bits per heavy atom. The minimum absolute atomic E-state index is 0.0462. The summed E-state index contributed by atoms with van der Waals surface area (Å²) in [5.41, 5.74) is 1.10. The van der Waals surface area contributed by atoms with Gasteiger partial charge in [-0.25, -0.2) is 4.39 Å². The summed E-state index contributed by atoms with van der Waals surface area (Å²) in [6.45, 7) is 1.86. The molecule has 5 nitrogen and oxygen atoms in total. The molecule has 1 heterocycles. The van der Waals surface area contributed by atoms with Crippen molar-refractivity contribution in [3.8, 4) is 11.5 Å². The van der Waals surface area contributed by atoms with Gasteiger partial charge in [0.2, 0.25) is 5.91 Å². The predicted molar refractivity (Wildman–Crippen MR) is 108 cm³/mol. The van der Waals surface area contributed by atoms with Crippen LogP contribution in [0.4, 0.5) is 10.1 Å². The maximum Gasteiger partial charge on any atom is 0.227 e. The maximum absolute atomic E-state index is 14.0. The van der Waals surface area contributed by atoms with Crippen molar-refractivity contribution in [3.63, 3.8) is 0 Å².